The Kier molecular flexibility index (Phi) is 4.52. The number of methoxy groups -OCH3 is 1. The minimum atomic E-state index is -0.405. The van der Waals surface area contributed by atoms with Gasteiger partial charge >= 0.3 is 0 Å². The molecule has 0 fully saturated rings. The average Bonchev–Trinajstić information content (AvgIpc) is 3.21. The lowest BCUT2D eigenvalue weighted by Gasteiger charge is -2.09. The van der Waals surface area contributed by atoms with Crippen LogP contribution in [0.3, 0.4) is 0 Å². The van der Waals surface area contributed by atoms with Gasteiger partial charge < -0.3 is 9.26 Å². The summed E-state index contributed by atoms with van der Waals surface area (Å²) in [5.74, 6) is 0.676. The van der Waals surface area contributed by atoms with Gasteiger partial charge in [0, 0.05) is 35.8 Å². The van der Waals surface area contributed by atoms with E-state index in [2.05, 4.69) is 25.1 Å². The molecule has 4 aromatic heterocycles. The Morgan fingerprint density at radius 1 is 1.00 bits per heavy atom. The van der Waals surface area contributed by atoms with Crippen molar-refractivity contribution in [3.8, 4) is 40.0 Å². The summed E-state index contributed by atoms with van der Waals surface area (Å²) in [6.07, 6.45) is 4.87. The van der Waals surface area contributed by atoms with E-state index in [1.54, 1.807) is 50.8 Å². The van der Waals surface area contributed by atoms with Crippen molar-refractivity contribution in [3.05, 3.63) is 59.9 Å². The number of nitrogens with zero attached hydrogens (tertiary/aromatic N) is 5. The molecule has 140 valence electrons. The number of hydrogen-bond donors (Lipinski definition) is 0. The van der Waals surface area contributed by atoms with Crippen LogP contribution in [0.1, 0.15) is 11.3 Å². The van der Waals surface area contributed by atoms with Crippen molar-refractivity contribution in [1.82, 2.24) is 25.1 Å². The maximum absolute atomic E-state index is 14.7. The van der Waals surface area contributed by atoms with E-state index in [1.165, 1.54) is 0 Å². The number of ether oxygens (including phenoxy) is 1. The molecule has 0 spiro atoms. The Balaban J connectivity index is 1.78. The summed E-state index contributed by atoms with van der Waals surface area (Å²) in [5, 5.41) is 3.98. The van der Waals surface area contributed by atoms with E-state index in [1.807, 2.05) is 13.0 Å². The Labute approximate surface area is 160 Å². The van der Waals surface area contributed by atoms with Gasteiger partial charge in [0.25, 0.3) is 5.89 Å². The molecule has 0 N–H and O–H groups in total. The molecule has 8 heteroatoms. The Morgan fingerprint density at radius 2 is 1.86 bits per heavy atom. The smallest absolute Gasteiger partial charge is 0.277 e. The first-order valence-electron chi connectivity index (χ1n) is 8.49. The molecule has 4 heterocycles. The van der Waals surface area contributed by atoms with Crippen molar-refractivity contribution < 1.29 is 13.7 Å². The lowest BCUT2D eigenvalue weighted by molar-refractivity contribution is 0.412. The van der Waals surface area contributed by atoms with E-state index in [4.69, 9.17) is 9.26 Å². The van der Waals surface area contributed by atoms with Crippen LogP contribution in [0.5, 0.6) is 5.75 Å². The molecule has 0 amide bonds. The predicted octanol–water partition coefficient (Wildman–Crippen LogP) is 4.02. The first-order chi connectivity index (χ1) is 13.6. The molecule has 4 aromatic rings. The van der Waals surface area contributed by atoms with Gasteiger partial charge in [0.2, 0.25) is 5.82 Å². The van der Waals surface area contributed by atoms with Crippen LogP contribution in [-0.4, -0.2) is 32.2 Å². The Hall–Kier alpha value is -3.68. The highest BCUT2D eigenvalue weighted by Crippen LogP contribution is 2.30. The van der Waals surface area contributed by atoms with E-state index in [0.29, 0.717) is 28.3 Å². The van der Waals surface area contributed by atoms with Crippen LogP contribution in [0.25, 0.3) is 34.2 Å². The van der Waals surface area contributed by atoms with Crippen LogP contribution in [0.4, 0.5) is 4.39 Å². The zero-order valence-electron chi connectivity index (χ0n) is 15.5. The first kappa shape index (κ1) is 17.7. The fourth-order valence-corrected chi connectivity index (χ4v) is 2.80. The van der Waals surface area contributed by atoms with Crippen molar-refractivity contribution in [2.24, 2.45) is 0 Å². The second kappa shape index (κ2) is 7.15. The van der Waals surface area contributed by atoms with Crippen LogP contribution >= 0.6 is 0 Å². The molecule has 0 bridgehead atoms. The summed E-state index contributed by atoms with van der Waals surface area (Å²) >= 11 is 0. The number of rotatable bonds is 4. The van der Waals surface area contributed by atoms with Crippen LogP contribution in [0.2, 0.25) is 0 Å². The Morgan fingerprint density at radius 3 is 2.64 bits per heavy atom. The van der Waals surface area contributed by atoms with Crippen LogP contribution in [0.15, 0.2) is 47.4 Å². The van der Waals surface area contributed by atoms with Crippen LogP contribution in [0, 0.1) is 19.7 Å². The quantitative estimate of drug-likeness (QED) is 0.531. The summed E-state index contributed by atoms with van der Waals surface area (Å²) in [6.45, 7) is 3.49. The van der Waals surface area contributed by atoms with Crippen molar-refractivity contribution in [2.45, 2.75) is 13.8 Å². The van der Waals surface area contributed by atoms with Crippen LogP contribution in [-0.2, 0) is 0 Å². The lowest BCUT2D eigenvalue weighted by Crippen LogP contribution is -1.98. The number of halogens is 1. The molecule has 7 nitrogen and oxygen atoms in total. The molecule has 0 aliphatic heterocycles. The van der Waals surface area contributed by atoms with E-state index in [9.17, 15) is 4.39 Å². The molecular weight excluding hydrogens is 361 g/mol. The summed E-state index contributed by atoms with van der Waals surface area (Å²) in [7, 11) is 1.56. The van der Waals surface area contributed by atoms with Gasteiger partial charge in [-0.1, -0.05) is 5.16 Å². The third-order valence-corrected chi connectivity index (χ3v) is 4.29. The summed E-state index contributed by atoms with van der Waals surface area (Å²) in [6, 6.07) is 6.82. The highest BCUT2D eigenvalue weighted by Gasteiger charge is 2.18. The van der Waals surface area contributed by atoms with Gasteiger partial charge in [-0.15, -0.1) is 0 Å². The molecule has 0 unspecified atom stereocenters. The van der Waals surface area contributed by atoms with E-state index < -0.39 is 5.82 Å². The van der Waals surface area contributed by atoms with Gasteiger partial charge in [-0.2, -0.15) is 4.98 Å². The van der Waals surface area contributed by atoms with Gasteiger partial charge in [-0.25, -0.2) is 9.37 Å². The molecule has 4 rings (SSSR count). The number of pyridine rings is 3. The number of aryl methyl sites for hydroxylation is 2. The van der Waals surface area contributed by atoms with Crippen LogP contribution < -0.4 is 4.74 Å². The topological polar surface area (TPSA) is 86.8 Å². The number of hydrogen-bond acceptors (Lipinski definition) is 7. The second-order valence-electron chi connectivity index (χ2n) is 6.15. The predicted molar refractivity (Wildman–Crippen MR) is 100.0 cm³/mol. The van der Waals surface area contributed by atoms with E-state index >= 15 is 0 Å². The van der Waals surface area contributed by atoms with E-state index in [-0.39, 0.29) is 17.4 Å². The molecule has 0 aliphatic rings. The average molecular weight is 377 g/mol. The maximum Gasteiger partial charge on any atom is 0.277 e. The summed E-state index contributed by atoms with van der Waals surface area (Å²) in [4.78, 5) is 16.9. The lowest BCUT2D eigenvalue weighted by atomic mass is 10.0. The standard InChI is InChI=1S/C20H16FN5O2/c1-11-4-6-22-10-15(11)14-9-16(24-12(2)18(14)21)19-25-20(28-26-19)17-8-13(27-3)5-7-23-17/h4-10H,1-3H3. The third-order valence-electron chi connectivity index (χ3n) is 4.29. The molecule has 0 atom stereocenters. The molecule has 0 saturated heterocycles. The molecule has 0 radical (unpaired) electrons. The van der Waals surface area contributed by atoms with Gasteiger partial charge in [0.05, 0.1) is 12.8 Å². The summed E-state index contributed by atoms with van der Waals surface area (Å²) in [5.41, 5.74) is 3.08. The third kappa shape index (κ3) is 3.20. The largest absolute Gasteiger partial charge is 0.497 e. The minimum Gasteiger partial charge on any atom is -0.497 e. The van der Waals surface area contributed by atoms with Crippen molar-refractivity contribution in [3.63, 3.8) is 0 Å². The molecule has 0 aromatic carbocycles. The zero-order valence-corrected chi connectivity index (χ0v) is 15.5. The van der Waals surface area contributed by atoms with Crippen molar-refractivity contribution >= 4 is 0 Å². The zero-order chi connectivity index (χ0) is 19.7. The molecule has 0 aliphatic carbocycles. The monoisotopic (exact) mass is 377 g/mol. The number of aromatic nitrogens is 5. The molecule has 0 saturated carbocycles. The maximum atomic E-state index is 14.7. The van der Waals surface area contributed by atoms with Gasteiger partial charge in [-0.05, 0) is 37.6 Å². The highest BCUT2D eigenvalue weighted by atomic mass is 19.1. The van der Waals surface area contributed by atoms with E-state index in [0.717, 1.165) is 5.56 Å². The molecular formula is C20H16FN5O2. The highest BCUT2D eigenvalue weighted by molar-refractivity contribution is 5.71. The fourth-order valence-electron chi connectivity index (χ4n) is 2.80. The normalized spacial score (nSPS) is 10.9. The molecule has 28 heavy (non-hydrogen) atoms. The SMILES string of the molecule is COc1ccnc(-c2nc(-c3cc(-c4cnccc4C)c(F)c(C)n3)no2)c1. The Bertz CT molecular complexity index is 1160. The first-order valence-corrected chi connectivity index (χ1v) is 8.49. The van der Waals surface area contributed by atoms with Crippen molar-refractivity contribution in [1.29, 1.82) is 0 Å². The van der Waals surface area contributed by atoms with Crippen molar-refractivity contribution in [2.75, 3.05) is 7.11 Å². The van der Waals surface area contributed by atoms with Gasteiger partial charge in [-0.3, -0.25) is 9.97 Å². The minimum absolute atomic E-state index is 0.219. The fraction of sp³-hybridized carbons (Fsp3) is 0.150. The summed E-state index contributed by atoms with van der Waals surface area (Å²) < 4.78 is 25.2. The second-order valence-corrected chi connectivity index (χ2v) is 6.15. The van der Waals surface area contributed by atoms with Gasteiger partial charge in [0.1, 0.15) is 17.1 Å². The van der Waals surface area contributed by atoms with Gasteiger partial charge in [0.15, 0.2) is 5.82 Å².